The Morgan fingerprint density at radius 1 is 1.05 bits per heavy atom. The molecule has 0 N–H and O–H groups in total. The first kappa shape index (κ1) is 13.2. The molecule has 0 aromatic heterocycles. The van der Waals surface area contributed by atoms with Crippen molar-refractivity contribution in [3.8, 4) is 0 Å². The maximum Gasteiger partial charge on any atom is 0.0942 e. The highest BCUT2D eigenvalue weighted by molar-refractivity contribution is 5.24. The van der Waals surface area contributed by atoms with Gasteiger partial charge in [-0.3, -0.25) is 0 Å². The minimum atomic E-state index is -0.0141. The van der Waals surface area contributed by atoms with Crippen molar-refractivity contribution in [2.24, 2.45) is 5.92 Å². The van der Waals surface area contributed by atoms with Crippen molar-refractivity contribution in [3.63, 3.8) is 0 Å². The molecule has 1 aliphatic heterocycles. The van der Waals surface area contributed by atoms with Crippen LogP contribution in [0.3, 0.4) is 0 Å². The van der Waals surface area contributed by atoms with Gasteiger partial charge in [0, 0.05) is 0 Å². The van der Waals surface area contributed by atoms with E-state index in [0.717, 1.165) is 5.92 Å². The minimum absolute atomic E-state index is 0.0141. The quantitative estimate of drug-likeness (QED) is 0.737. The smallest absolute Gasteiger partial charge is 0.0942 e. The van der Waals surface area contributed by atoms with E-state index in [1.54, 1.807) is 0 Å². The molecule has 1 aromatic rings. The summed E-state index contributed by atoms with van der Waals surface area (Å²) in [5.74, 6) is 0.870. The van der Waals surface area contributed by atoms with Crippen molar-refractivity contribution in [3.05, 3.63) is 35.9 Å². The zero-order valence-corrected chi connectivity index (χ0v) is 12.3. The fourth-order valence-corrected chi connectivity index (χ4v) is 4.02. The Balaban J connectivity index is 1.87. The van der Waals surface area contributed by atoms with Crippen LogP contribution in [0, 0.1) is 5.92 Å². The molecule has 3 rings (SSSR count). The first-order chi connectivity index (χ1) is 9.10. The summed E-state index contributed by atoms with van der Waals surface area (Å²) in [6.45, 7) is 4.48. The second-order valence-corrected chi connectivity index (χ2v) is 7.08. The van der Waals surface area contributed by atoms with Crippen LogP contribution in [0.25, 0.3) is 0 Å². The van der Waals surface area contributed by atoms with Gasteiger partial charge in [-0.05, 0) is 44.6 Å². The van der Waals surface area contributed by atoms with Crippen LogP contribution in [0.2, 0.25) is 0 Å². The van der Waals surface area contributed by atoms with Gasteiger partial charge in [0.15, 0.2) is 0 Å². The lowest BCUT2D eigenvalue weighted by atomic mass is 9.81. The molecule has 1 saturated heterocycles. The molecular weight excluding hydrogens is 232 g/mol. The molecule has 2 aliphatic rings. The van der Waals surface area contributed by atoms with E-state index in [2.05, 4.69) is 44.2 Å². The first-order valence-corrected chi connectivity index (χ1v) is 7.85. The molecule has 1 saturated carbocycles. The Morgan fingerprint density at radius 3 is 2.32 bits per heavy atom. The van der Waals surface area contributed by atoms with Gasteiger partial charge in [-0.25, -0.2) is 0 Å². The molecule has 0 spiro atoms. The van der Waals surface area contributed by atoms with Crippen molar-refractivity contribution < 1.29 is 4.74 Å². The Hall–Kier alpha value is -0.820. The summed E-state index contributed by atoms with van der Waals surface area (Å²) in [4.78, 5) is 0. The third-order valence-electron chi connectivity index (χ3n) is 5.00. The van der Waals surface area contributed by atoms with Crippen LogP contribution in [-0.4, -0.2) is 5.60 Å². The Kier molecular flexibility index (Phi) is 3.42. The van der Waals surface area contributed by atoms with Crippen molar-refractivity contribution in [1.82, 2.24) is 0 Å². The fourth-order valence-electron chi connectivity index (χ4n) is 4.02. The van der Waals surface area contributed by atoms with E-state index in [-0.39, 0.29) is 11.2 Å². The highest BCUT2D eigenvalue weighted by Crippen LogP contribution is 2.50. The van der Waals surface area contributed by atoms with E-state index < -0.39 is 0 Å². The molecule has 0 radical (unpaired) electrons. The number of hydrogen-bond acceptors (Lipinski definition) is 1. The van der Waals surface area contributed by atoms with Crippen molar-refractivity contribution in [2.75, 3.05) is 0 Å². The first-order valence-electron chi connectivity index (χ1n) is 7.85. The van der Waals surface area contributed by atoms with E-state index in [0.29, 0.717) is 0 Å². The molecule has 19 heavy (non-hydrogen) atoms. The normalized spacial score (nSPS) is 30.8. The van der Waals surface area contributed by atoms with Crippen molar-refractivity contribution >= 4 is 0 Å². The summed E-state index contributed by atoms with van der Waals surface area (Å²) < 4.78 is 6.58. The molecule has 2 fully saturated rings. The van der Waals surface area contributed by atoms with Gasteiger partial charge in [0.2, 0.25) is 0 Å². The second-order valence-electron chi connectivity index (χ2n) is 7.08. The summed E-state index contributed by atoms with van der Waals surface area (Å²) in [5.41, 5.74) is 1.42. The summed E-state index contributed by atoms with van der Waals surface area (Å²) in [6.07, 6.45) is 9.21. The van der Waals surface area contributed by atoms with E-state index in [1.807, 2.05) is 0 Å². The third kappa shape index (κ3) is 2.72. The average Bonchev–Trinajstić information content (AvgIpc) is 3.00. The summed E-state index contributed by atoms with van der Waals surface area (Å²) in [7, 11) is 0. The Labute approximate surface area is 117 Å². The lowest BCUT2D eigenvalue weighted by Crippen LogP contribution is -2.31. The average molecular weight is 258 g/mol. The second kappa shape index (κ2) is 4.94. The molecule has 1 unspecified atom stereocenters. The van der Waals surface area contributed by atoms with Crippen LogP contribution in [0.15, 0.2) is 30.3 Å². The minimum Gasteiger partial charge on any atom is -0.364 e. The number of ether oxygens (including phenoxy) is 1. The molecule has 0 amide bonds. The summed E-state index contributed by atoms with van der Waals surface area (Å²) in [5, 5.41) is 0. The van der Waals surface area contributed by atoms with Gasteiger partial charge in [0.1, 0.15) is 0 Å². The van der Waals surface area contributed by atoms with Gasteiger partial charge in [-0.2, -0.15) is 0 Å². The van der Waals surface area contributed by atoms with Crippen LogP contribution in [0.5, 0.6) is 0 Å². The molecule has 1 aromatic carbocycles. The number of benzene rings is 1. The molecule has 0 bridgehead atoms. The van der Waals surface area contributed by atoms with Gasteiger partial charge < -0.3 is 4.74 Å². The van der Waals surface area contributed by atoms with E-state index in [9.17, 15) is 0 Å². The van der Waals surface area contributed by atoms with Crippen LogP contribution >= 0.6 is 0 Å². The topological polar surface area (TPSA) is 9.23 Å². The molecular formula is C18H26O. The van der Waals surface area contributed by atoms with E-state index in [4.69, 9.17) is 4.74 Å². The molecule has 1 aliphatic carbocycles. The van der Waals surface area contributed by atoms with Gasteiger partial charge in [0.05, 0.1) is 11.2 Å². The van der Waals surface area contributed by atoms with E-state index in [1.165, 1.54) is 50.5 Å². The van der Waals surface area contributed by atoms with Gasteiger partial charge in [-0.15, -0.1) is 0 Å². The number of hydrogen-bond donors (Lipinski definition) is 0. The number of rotatable bonds is 3. The van der Waals surface area contributed by atoms with Gasteiger partial charge >= 0.3 is 0 Å². The van der Waals surface area contributed by atoms with Crippen LogP contribution < -0.4 is 0 Å². The van der Waals surface area contributed by atoms with Crippen LogP contribution in [0.1, 0.15) is 64.4 Å². The lowest BCUT2D eigenvalue weighted by Gasteiger charge is -2.34. The zero-order valence-electron chi connectivity index (χ0n) is 12.3. The van der Waals surface area contributed by atoms with Crippen LogP contribution in [-0.2, 0) is 10.3 Å². The fraction of sp³-hybridized carbons (Fsp3) is 0.667. The predicted octanol–water partition coefficient (Wildman–Crippen LogP) is 5.05. The predicted molar refractivity (Wildman–Crippen MR) is 79.1 cm³/mol. The highest BCUT2D eigenvalue weighted by atomic mass is 16.5. The molecule has 1 heteroatoms. The van der Waals surface area contributed by atoms with E-state index >= 15 is 0 Å². The maximum atomic E-state index is 6.58. The Morgan fingerprint density at radius 2 is 1.74 bits per heavy atom. The monoisotopic (exact) mass is 258 g/mol. The largest absolute Gasteiger partial charge is 0.364 e. The standard InChI is InChI=1S/C18H26O/c1-17(2)12-13-18(19-17,14-15-8-6-7-9-15)16-10-4-3-5-11-16/h3-5,10-11,15H,6-9,12-14H2,1-2H3. The summed E-state index contributed by atoms with van der Waals surface area (Å²) in [6, 6.07) is 10.9. The highest BCUT2D eigenvalue weighted by Gasteiger charge is 2.46. The van der Waals surface area contributed by atoms with Gasteiger partial charge in [0.25, 0.3) is 0 Å². The maximum absolute atomic E-state index is 6.58. The molecule has 104 valence electrons. The van der Waals surface area contributed by atoms with Gasteiger partial charge in [-0.1, -0.05) is 56.0 Å². The molecule has 1 nitrogen and oxygen atoms in total. The molecule has 1 atom stereocenters. The SMILES string of the molecule is CC1(C)CCC(CC2CCCC2)(c2ccccc2)O1. The summed E-state index contributed by atoms with van der Waals surface area (Å²) >= 11 is 0. The van der Waals surface area contributed by atoms with Crippen molar-refractivity contribution in [1.29, 1.82) is 0 Å². The van der Waals surface area contributed by atoms with Crippen molar-refractivity contribution in [2.45, 2.75) is 70.0 Å². The lowest BCUT2D eigenvalue weighted by molar-refractivity contribution is -0.102. The third-order valence-corrected chi connectivity index (χ3v) is 5.00. The van der Waals surface area contributed by atoms with Crippen LogP contribution in [0.4, 0.5) is 0 Å². The molecule has 1 heterocycles. The Bertz CT molecular complexity index is 417. The zero-order chi connectivity index (χ0) is 13.3.